The third-order valence-corrected chi connectivity index (χ3v) is 2.11. The Morgan fingerprint density at radius 1 is 1.47 bits per heavy atom. The maximum Gasteiger partial charge on any atom is 0.297 e. The molecule has 0 saturated carbocycles. The van der Waals surface area contributed by atoms with Crippen molar-refractivity contribution in [3.63, 3.8) is 0 Å². The molecule has 0 atom stereocenters. The first-order valence-electron chi connectivity index (χ1n) is 4.60. The van der Waals surface area contributed by atoms with Crippen LogP contribution in [-0.4, -0.2) is 19.7 Å². The topological polar surface area (TPSA) is 89.6 Å². The molecule has 2 aromatic heterocycles. The van der Waals surface area contributed by atoms with Gasteiger partial charge >= 0.3 is 0 Å². The second-order valence-electron chi connectivity index (χ2n) is 3.05. The van der Waals surface area contributed by atoms with Crippen LogP contribution in [0.5, 0.6) is 0 Å². The van der Waals surface area contributed by atoms with Gasteiger partial charge in [-0.15, -0.1) is 0 Å². The van der Waals surface area contributed by atoms with Crippen molar-refractivity contribution in [3.8, 4) is 5.95 Å². The van der Waals surface area contributed by atoms with Crippen LogP contribution in [0.1, 0.15) is 12.6 Å². The number of hydrogen-bond acceptors (Lipinski definition) is 4. The van der Waals surface area contributed by atoms with Crippen LogP contribution in [0.3, 0.4) is 0 Å². The highest BCUT2D eigenvalue weighted by Gasteiger charge is 2.11. The quantitative estimate of drug-likeness (QED) is 0.727. The molecule has 0 saturated heterocycles. The highest BCUT2D eigenvalue weighted by atomic mass is 16.1. The molecule has 0 spiro atoms. The first-order chi connectivity index (χ1) is 7.24. The second-order valence-corrected chi connectivity index (χ2v) is 3.05. The van der Waals surface area contributed by atoms with Gasteiger partial charge in [0.05, 0.1) is 5.69 Å². The summed E-state index contributed by atoms with van der Waals surface area (Å²) in [5.74, 6) is 0.300. The van der Waals surface area contributed by atoms with Crippen LogP contribution < -0.4 is 11.3 Å². The molecule has 15 heavy (non-hydrogen) atoms. The van der Waals surface area contributed by atoms with Gasteiger partial charge in [-0.25, -0.2) is 9.97 Å². The Bertz CT molecular complexity index is 513. The molecular formula is C9H11N5O. The number of anilines is 1. The molecule has 6 heteroatoms. The van der Waals surface area contributed by atoms with E-state index in [0.717, 1.165) is 0 Å². The van der Waals surface area contributed by atoms with Crippen molar-refractivity contribution in [2.24, 2.45) is 0 Å². The van der Waals surface area contributed by atoms with E-state index in [4.69, 9.17) is 5.73 Å². The van der Waals surface area contributed by atoms with Crippen molar-refractivity contribution < 1.29 is 0 Å². The van der Waals surface area contributed by atoms with Crippen molar-refractivity contribution in [1.82, 2.24) is 19.7 Å². The normalized spacial score (nSPS) is 10.5. The summed E-state index contributed by atoms with van der Waals surface area (Å²) in [6.07, 6.45) is 3.80. The summed E-state index contributed by atoms with van der Waals surface area (Å²) in [7, 11) is 0. The van der Waals surface area contributed by atoms with Gasteiger partial charge < -0.3 is 5.73 Å². The molecule has 3 N–H and O–H groups in total. The standard InChI is InChI=1S/C9H11N5O/c1-2-6-7(10)8(15)14(13-6)9-11-4-3-5-12-9/h3-5,13H,2,10H2,1H3. The molecular weight excluding hydrogens is 194 g/mol. The summed E-state index contributed by atoms with van der Waals surface area (Å²) in [5, 5.41) is 2.87. The number of aryl methyl sites for hydroxylation is 1. The van der Waals surface area contributed by atoms with Gasteiger partial charge in [-0.3, -0.25) is 9.89 Å². The highest BCUT2D eigenvalue weighted by Crippen LogP contribution is 2.05. The molecule has 0 unspecified atom stereocenters. The summed E-state index contributed by atoms with van der Waals surface area (Å²) in [5.41, 5.74) is 6.25. The third kappa shape index (κ3) is 1.50. The van der Waals surface area contributed by atoms with Crippen LogP contribution in [0.15, 0.2) is 23.3 Å². The molecule has 0 amide bonds. The van der Waals surface area contributed by atoms with E-state index in [1.807, 2.05) is 6.92 Å². The Hall–Kier alpha value is -2.11. The first kappa shape index (κ1) is 9.45. The van der Waals surface area contributed by atoms with Crippen LogP contribution in [0, 0.1) is 0 Å². The number of nitrogens with one attached hydrogen (secondary N) is 1. The summed E-state index contributed by atoms with van der Waals surface area (Å²) in [6, 6.07) is 1.68. The van der Waals surface area contributed by atoms with Crippen LogP contribution in [-0.2, 0) is 6.42 Å². The number of rotatable bonds is 2. The Labute approximate surface area is 85.8 Å². The molecule has 0 aliphatic rings. The number of nitrogens with zero attached hydrogens (tertiary/aromatic N) is 3. The summed E-state index contributed by atoms with van der Waals surface area (Å²) in [4.78, 5) is 19.6. The van der Waals surface area contributed by atoms with Crippen LogP contribution in [0.2, 0.25) is 0 Å². The van der Waals surface area contributed by atoms with Crippen LogP contribution in [0.4, 0.5) is 5.69 Å². The fourth-order valence-corrected chi connectivity index (χ4v) is 1.31. The molecule has 0 fully saturated rings. The Morgan fingerprint density at radius 2 is 2.13 bits per heavy atom. The van der Waals surface area contributed by atoms with E-state index in [9.17, 15) is 4.79 Å². The molecule has 2 aromatic rings. The second kappa shape index (κ2) is 3.56. The number of aromatic amines is 1. The summed E-state index contributed by atoms with van der Waals surface area (Å²) < 4.78 is 1.24. The van der Waals surface area contributed by atoms with E-state index in [0.29, 0.717) is 18.1 Å². The van der Waals surface area contributed by atoms with E-state index in [1.54, 1.807) is 18.5 Å². The maximum absolute atomic E-state index is 11.7. The van der Waals surface area contributed by atoms with Crippen LogP contribution in [0.25, 0.3) is 5.95 Å². The van der Waals surface area contributed by atoms with Gasteiger partial charge in [-0.05, 0) is 12.5 Å². The van der Waals surface area contributed by atoms with E-state index in [1.165, 1.54) is 4.68 Å². The van der Waals surface area contributed by atoms with Gasteiger partial charge in [0.15, 0.2) is 0 Å². The maximum atomic E-state index is 11.7. The lowest BCUT2D eigenvalue weighted by atomic mass is 10.3. The fourth-order valence-electron chi connectivity index (χ4n) is 1.31. The van der Waals surface area contributed by atoms with Crippen molar-refractivity contribution >= 4 is 5.69 Å². The van der Waals surface area contributed by atoms with Crippen molar-refractivity contribution in [1.29, 1.82) is 0 Å². The van der Waals surface area contributed by atoms with Gasteiger partial charge in [0.2, 0.25) is 0 Å². The smallest absolute Gasteiger partial charge is 0.297 e. The molecule has 0 bridgehead atoms. The molecule has 0 radical (unpaired) electrons. The lowest BCUT2D eigenvalue weighted by molar-refractivity contribution is 0.765. The van der Waals surface area contributed by atoms with Crippen LogP contribution >= 0.6 is 0 Å². The summed E-state index contributed by atoms with van der Waals surface area (Å²) >= 11 is 0. The molecule has 2 heterocycles. The van der Waals surface area contributed by atoms with Gasteiger partial charge in [0, 0.05) is 12.4 Å². The zero-order valence-corrected chi connectivity index (χ0v) is 8.27. The first-order valence-corrected chi connectivity index (χ1v) is 4.60. The monoisotopic (exact) mass is 205 g/mol. The SMILES string of the molecule is CCc1[nH]n(-c2ncccn2)c(=O)c1N. The molecule has 0 aliphatic heterocycles. The molecule has 78 valence electrons. The Kier molecular flexibility index (Phi) is 2.24. The Morgan fingerprint density at radius 3 is 2.67 bits per heavy atom. The predicted molar refractivity (Wildman–Crippen MR) is 55.8 cm³/mol. The zero-order valence-electron chi connectivity index (χ0n) is 8.27. The Balaban J connectivity index is 2.60. The minimum absolute atomic E-state index is 0.227. The number of hydrogen-bond donors (Lipinski definition) is 2. The van der Waals surface area contributed by atoms with Gasteiger partial charge in [0.1, 0.15) is 5.69 Å². The van der Waals surface area contributed by atoms with E-state index < -0.39 is 0 Å². The minimum Gasteiger partial charge on any atom is -0.393 e. The number of nitrogen functional groups attached to an aromatic ring is 1. The summed E-state index contributed by atoms with van der Waals surface area (Å²) in [6.45, 7) is 1.91. The number of nitrogens with two attached hydrogens (primary N) is 1. The largest absolute Gasteiger partial charge is 0.393 e. The van der Waals surface area contributed by atoms with Gasteiger partial charge in [-0.1, -0.05) is 6.92 Å². The van der Waals surface area contributed by atoms with E-state index in [2.05, 4.69) is 15.1 Å². The molecule has 6 nitrogen and oxygen atoms in total. The zero-order chi connectivity index (χ0) is 10.8. The molecule has 0 aliphatic carbocycles. The molecule has 2 rings (SSSR count). The lowest BCUT2D eigenvalue weighted by Crippen LogP contribution is -2.18. The van der Waals surface area contributed by atoms with Gasteiger partial charge in [0.25, 0.3) is 11.5 Å². The highest BCUT2D eigenvalue weighted by molar-refractivity contribution is 5.42. The molecule has 0 aromatic carbocycles. The number of H-pyrrole nitrogens is 1. The fraction of sp³-hybridized carbons (Fsp3) is 0.222. The minimum atomic E-state index is -0.307. The lowest BCUT2D eigenvalue weighted by Gasteiger charge is -1.96. The van der Waals surface area contributed by atoms with Crippen molar-refractivity contribution in [2.45, 2.75) is 13.3 Å². The van der Waals surface area contributed by atoms with Crippen molar-refractivity contribution in [2.75, 3.05) is 5.73 Å². The average Bonchev–Trinajstić information content (AvgIpc) is 2.57. The average molecular weight is 205 g/mol. The van der Waals surface area contributed by atoms with E-state index >= 15 is 0 Å². The predicted octanol–water partition coefficient (Wildman–Crippen LogP) is 0.100. The van der Waals surface area contributed by atoms with Crippen molar-refractivity contribution in [3.05, 3.63) is 34.5 Å². The van der Waals surface area contributed by atoms with E-state index in [-0.39, 0.29) is 11.2 Å². The third-order valence-electron chi connectivity index (χ3n) is 2.11. The van der Waals surface area contributed by atoms with Gasteiger partial charge in [-0.2, -0.15) is 4.68 Å². The number of aromatic nitrogens is 4.